The van der Waals surface area contributed by atoms with Crippen molar-refractivity contribution < 1.29 is 9.59 Å². The molecule has 0 spiro atoms. The van der Waals surface area contributed by atoms with Gasteiger partial charge in [0.1, 0.15) is 0 Å². The molecule has 1 aliphatic carbocycles. The quantitative estimate of drug-likeness (QED) is 0.875. The molecule has 3 rings (SSSR count). The normalized spacial score (nSPS) is 23.8. The third kappa shape index (κ3) is 4.16. The van der Waals surface area contributed by atoms with Crippen molar-refractivity contribution in [2.75, 3.05) is 6.54 Å². The number of nitrogens with one attached hydrogen (secondary N) is 2. The lowest BCUT2D eigenvalue weighted by atomic mass is 9.96. The fourth-order valence-corrected chi connectivity index (χ4v) is 4.76. The number of likely N-dealkylation sites (tertiary alicyclic amines) is 1. The van der Waals surface area contributed by atoms with Crippen molar-refractivity contribution in [3.8, 4) is 0 Å². The summed E-state index contributed by atoms with van der Waals surface area (Å²) in [5.41, 5.74) is 0. The summed E-state index contributed by atoms with van der Waals surface area (Å²) >= 11 is 1.74. The number of amides is 3. The van der Waals surface area contributed by atoms with Crippen LogP contribution in [0.4, 0.5) is 4.79 Å². The Labute approximate surface area is 147 Å². The van der Waals surface area contributed by atoms with Gasteiger partial charge in [-0.25, -0.2) is 4.79 Å². The van der Waals surface area contributed by atoms with E-state index in [9.17, 15) is 9.59 Å². The van der Waals surface area contributed by atoms with E-state index in [0.717, 1.165) is 45.1 Å². The van der Waals surface area contributed by atoms with Crippen molar-refractivity contribution in [3.63, 3.8) is 0 Å². The molecule has 0 aromatic carbocycles. The Morgan fingerprint density at radius 2 is 2.00 bits per heavy atom. The Morgan fingerprint density at radius 3 is 2.71 bits per heavy atom. The molecule has 1 aliphatic heterocycles. The van der Waals surface area contributed by atoms with Gasteiger partial charge in [0.15, 0.2) is 0 Å². The number of thiophene rings is 1. The largest absolute Gasteiger partial charge is 0.335 e. The number of imide groups is 1. The van der Waals surface area contributed by atoms with Crippen LogP contribution in [0, 0.1) is 0 Å². The zero-order valence-corrected chi connectivity index (χ0v) is 15.1. The van der Waals surface area contributed by atoms with Gasteiger partial charge in [-0.3, -0.25) is 15.0 Å². The molecule has 1 aromatic rings. The van der Waals surface area contributed by atoms with Crippen LogP contribution in [0.2, 0.25) is 0 Å². The molecule has 0 bridgehead atoms. The number of hydrogen-bond acceptors (Lipinski definition) is 4. The van der Waals surface area contributed by atoms with Crippen LogP contribution < -0.4 is 10.6 Å². The minimum Gasteiger partial charge on any atom is -0.335 e. The van der Waals surface area contributed by atoms with E-state index in [1.807, 2.05) is 6.92 Å². The van der Waals surface area contributed by atoms with Crippen molar-refractivity contribution >= 4 is 23.3 Å². The number of rotatable bonds is 4. The first-order chi connectivity index (χ1) is 11.6. The van der Waals surface area contributed by atoms with Gasteiger partial charge in [0.25, 0.3) is 0 Å². The fourth-order valence-electron chi connectivity index (χ4n) is 3.87. The first kappa shape index (κ1) is 17.4. The van der Waals surface area contributed by atoms with Crippen molar-refractivity contribution in [1.29, 1.82) is 0 Å². The highest BCUT2D eigenvalue weighted by Gasteiger charge is 2.34. The summed E-state index contributed by atoms with van der Waals surface area (Å²) in [5.74, 6) is -0.202. The van der Waals surface area contributed by atoms with Gasteiger partial charge in [-0.2, -0.15) is 0 Å². The van der Waals surface area contributed by atoms with E-state index < -0.39 is 0 Å². The molecule has 1 aromatic heterocycles. The third-order valence-corrected chi connectivity index (χ3v) is 6.19. The van der Waals surface area contributed by atoms with Gasteiger partial charge in [-0.05, 0) is 50.6 Å². The van der Waals surface area contributed by atoms with Gasteiger partial charge in [-0.15, -0.1) is 11.3 Å². The van der Waals surface area contributed by atoms with Gasteiger partial charge in [-0.1, -0.05) is 25.3 Å². The van der Waals surface area contributed by atoms with Crippen LogP contribution in [0.1, 0.15) is 62.8 Å². The molecule has 6 heteroatoms. The maximum atomic E-state index is 12.5. The minimum absolute atomic E-state index is 0.202. The van der Waals surface area contributed by atoms with E-state index in [-0.39, 0.29) is 24.0 Å². The number of carbonyl (C=O) groups excluding carboxylic acids is 2. The van der Waals surface area contributed by atoms with E-state index in [1.165, 1.54) is 11.3 Å². The Morgan fingerprint density at radius 1 is 1.21 bits per heavy atom. The highest BCUT2D eigenvalue weighted by molar-refractivity contribution is 7.10. The van der Waals surface area contributed by atoms with Crippen molar-refractivity contribution in [3.05, 3.63) is 22.4 Å². The Kier molecular flexibility index (Phi) is 5.89. The maximum Gasteiger partial charge on any atom is 0.321 e. The van der Waals surface area contributed by atoms with Crippen LogP contribution in [-0.2, 0) is 4.79 Å². The van der Waals surface area contributed by atoms with E-state index in [4.69, 9.17) is 0 Å². The van der Waals surface area contributed by atoms with Crippen LogP contribution in [0.15, 0.2) is 17.5 Å². The monoisotopic (exact) mass is 349 g/mol. The van der Waals surface area contributed by atoms with Crippen molar-refractivity contribution in [2.24, 2.45) is 0 Å². The second-order valence-corrected chi connectivity index (χ2v) is 7.86. The molecule has 132 valence electrons. The van der Waals surface area contributed by atoms with Crippen molar-refractivity contribution in [2.45, 2.75) is 70.0 Å². The zero-order chi connectivity index (χ0) is 16.9. The van der Waals surface area contributed by atoms with E-state index in [0.29, 0.717) is 6.04 Å². The summed E-state index contributed by atoms with van der Waals surface area (Å²) in [6, 6.07) is 4.06. The fraction of sp³-hybridized carbons (Fsp3) is 0.667. The standard InChI is InChI=1S/C18H27N3O2S/c1-13(21-11-5-9-15(21)16-10-6-12-24-16)17(22)20-18(23)19-14-7-3-2-4-8-14/h6,10,12-15H,2-5,7-9,11H2,1H3,(H2,19,20,22,23)/t13-,15+/m1/s1. The molecule has 0 unspecified atom stereocenters. The Hall–Kier alpha value is -1.40. The van der Waals surface area contributed by atoms with Crippen LogP contribution in [-0.4, -0.2) is 35.5 Å². The van der Waals surface area contributed by atoms with E-state index in [2.05, 4.69) is 33.0 Å². The molecule has 0 radical (unpaired) electrons. The second kappa shape index (κ2) is 8.12. The molecule has 2 fully saturated rings. The number of carbonyl (C=O) groups is 2. The average molecular weight is 349 g/mol. The van der Waals surface area contributed by atoms with E-state index >= 15 is 0 Å². The SMILES string of the molecule is C[C@H](C(=O)NC(=O)NC1CCCCC1)N1CCC[C@H]1c1cccs1. The maximum absolute atomic E-state index is 12.5. The molecule has 1 saturated heterocycles. The minimum atomic E-state index is -0.342. The van der Waals surface area contributed by atoms with Crippen LogP contribution in [0.25, 0.3) is 0 Å². The lowest BCUT2D eigenvalue weighted by Gasteiger charge is -2.29. The summed E-state index contributed by atoms with van der Waals surface area (Å²) in [4.78, 5) is 28.1. The van der Waals surface area contributed by atoms with Crippen LogP contribution in [0.5, 0.6) is 0 Å². The lowest BCUT2D eigenvalue weighted by Crippen LogP contribution is -2.51. The lowest BCUT2D eigenvalue weighted by molar-refractivity contribution is -0.125. The molecule has 2 atom stereocenters. The summed E-state index contributed by atoms with van der Waals surface area (Å²) in [6.07, 6.45) is 7.76. The zero-order valence-electron chi connectivity index (χ0n) is 14.3. The average Bonchev–Trinajstić information content (AvgIpc) is 3.25. The second-order valence-electron chi connectivity index (χ2n) is 6.88. The van der Waals surface area contributed by atoms with Gasteiger partial charge in [0.05, 0.1) is 6.04 Å². The van der Waals surface area contributed by atoms with Gasteiger partial charge >= 0.3 is 6.03 Å². The summed E-state index contributed by atoms with van der Waals surface area (Å²) < 4.78 is 0. The topological polar surface area (TPSA) is 61.4 Å². The predicted octanol–water partition coefficient (Wildman–Crippen LogP) is 3.43. The van der Waals surface area contributed by atoms with Crippen molar-refractivity contribution in [1.82, 2.24) is 15.5 Å². The van der Waals surface area contributed by atoms with E-state index in [1.54, 1.807) is 11.3 Å². The molecule has 24 heavy (non-hydrogen) atoms. The summed E-state index contributed by atoms with van der Waals surface area (Å²) in [5, 5.41) is 7.57. The molecule has 2 N–H and O–H groups in total. The van der Waals surface area contributed by atoms with Crippen LogP contribution in [0.3, 0.4) is 0 Å². The molecule has 2 aliphatic rings. The van der Waals surface area contributed by atoms with Gasteiger partial charge in [0.2, 0.25) is 5.91 Å². The molecule has 2 heterocycles. The number of nitrogens with zero attached hydrogens (tertiary/aromatic N) is 1. The molecular weight excluding hydrogens is 322 g/mol. The summed E-state index contributed by atoms with van der Waals surface area (Å²) in [7, 11) is 0. The molecule has 5 nitrogen and oxygen atoms in total. The highest BCUT2D eigenvalue weighted by atomic mass is 32.1. The smallest absolute Gasteiger partial charge is 0.321 e. The first-order valence-electron chi connectivity index (χ1n) is 9.05. The predicted molar refractivity (Wildman–Crippen MR) is 96.0 cm³/mol. The number of urea groups is 1. The Balaban J connectivity index is 1.53. The molecule has 3 amide bonds. The Bertz CT molecular complexity index is 555. The third-order valence-electron chi connectivity index (χ3n) is 5.22. The van der Waals surface area contributed by atoms with Crippen LogP contribution >= 0.6 is 11.3 Å². The molecule has 1 saturated carbocycles. The summed E-state index contributed by atoms with van der Waals surface area (Å²) in [6.45, 7) is 2.80. The van der Waals surface area contributed by atoms with Gasteiger partial charge < -0.3 is 5.32 Å². The van der Waals surface area contributed by atoms with Gasteiger partial charge in [0, 0.05) is 17.0 Å². The first-order valence-corrected chi connectivity index (χ1v) is 9.93. The number of hydrogen-bond donors (Lipinski definition) is 2. The highest BCUT2D eigenvalue weighted by Crippen LogP contribution is 2.35. The molecular formula is C18H27N3O2S.